The van der Waals surface area contributed by atoms with E-state index in [2.05, 4.69) is 4.90 Å². The summed E-state index contributed by atoms with van der Waals surface area (Å²) >= 11 is 0. The molecule has 2 rings (SSSR count). The molecule has 1 saturated heterocycles. The first-order chi connectivity index (χ1) is 8.59. The first-order valence-corrected chi connectivity index (χ1v) is 7.22. The molecule has 0 aromatic rings. The lowest BCUT2D eigenvalue weighted by atomic mass is 9.87. The van der Waals surface area contributed by atoms with E-state index in [0.717, 1.165) is 32.2 Å². The van der Waals surface area contributed by atoms with Crippen LogP contribution in [-0.2, 0) is 4.79 Å². The van der Waals surface area contributed by atoms with Crippen LogP contribution < -0.4 is 0 Å². The molecule has 4 nitrogen and oxygen atoms in total. The molecule has 0 bridgehead atoms. The molecule has 1 aliphatic carbocycles. The largest absolute Gasteiger partial charge is 0.393 e. The average Bonchev–Trinajstić information content (AvgIpc) is 2.76. The summed E-state index contributed by atoms with van der Waals surface area (Å²) in [7, 11) is 3.62. The molecule has 2 fully saturated rings. The quantitative estimate of drug-likeness (QED) is 0.820. The number of likely N-dealkylation sites (tertiary alicyclic amines) is 1. The Labute approximate surface area is 110 Å². The summed E-state index contributed by atoms with van der Waals surface area (Å²) < 4.78 is 0. The number of hydrogen-bond donors (Lipinski definition) is 1. The standard InChI is InChI=1S/C14H26N2O2/c1-15(2)14(18)10-16-9-4-3-7-12(16)11-6-5-8-13(11)17/h11-13,17H,3-10H2,1-2H3. The van der Waals surface area contributed by atoms with E-state index in [-0.39, 0.29) is 12.0 Å². The summed E-state index contributed by atoms with van der Waals surface area (Å²) in [6, 6.07) is 0.417. The summed E-state index contributed by atoms with van der Waals surface area (Å²) in [5.74, 6) is 0.564. The Morgan fingerprint density at radius 3 is 2.61 bits per heavy atom. The Bertz CT molecular complexity index is 294. The van der Waals surface area contributed by atoms with E-state index in [1.807, 2.05) is 14.1 Å². The summed E-state index contributed by atoms with van der Waals surface area (Å²) in [5, 5.41) is 10.1. The Kier molecular flexibility index (Phi) is 4.62. The zero-order valence-corrected chi connectivity index (χ0v) is 11.6. The Morgan fingerprint density at radius 1 is 1.22 bits per heavy atom. The van der Waals surface area contributed by atoms with Gasteiger partial charge < -0.3 is 10.0 Å². The van der Waals surface area contributed by atoms with Crippen molar-refractivity contribution >= 4 is 5.91 Å². The minimum atomic E-state index is -0.148. The monoisotopic (exact) mass is 254 g/mol. The zero-order valence-electron chi connectivity index (χ0n) is 11.6. The van der Waals surface area contributed by atoms with Crippen LogP contribution in [0.1, 0.15) is 38.5 Å². The molecule has 2 aliphatic rings. The van der Waals surface area contributed by atoms with Crippen molar-refractivity contribution in [2.45, 2.75) is 50.7 Å². The Hall–Kier alpha value is -0.610. The number of piperidine rings is 1. The van der Waals surface area contributed by atoms with Crippen molar-refractivity contribution < 1.29 is 9.90 Å². The van der Waals surface area contributed by atoms with Gasteiger partial charge in [0.15, 0.2) is 0 Å². The molecule has 1 N–H and O–H groups in total. The van der Waals surface area contributed by atoms with E-state index >= 15 is 0 Å². The van der Waals surface area contributed by atoms with Crippen LogP contribution in [0.15, 0.2) is 0 Å². The van der Waals surface area contributed by atoms with Crippen molar-refractivity contribution in [1.82, 2.24) is 9.80 Å². The van der Waals surface area contributed by atoms with Crippen LogP contribution in [0.5, 0.6) is 0 Å². The van der Waals surface area contributed by atoms with E-state index in [1.165, 1.54) is 12.8 Å². The summed E-state index contributed by atoms with van der Waals surface area (Å²) in [5.41, 5.74) is 0. The summed E-state index contributed by atoms with van der Waals surface area (Å²) in [4.78, 5) is 15.8. The smallest absolute Gasteiger partial charge is 0.236 e. The van der Waals surface area contributed by atoms with Crippen LogP contribution in [0, 0.1) is 5.92 Å². The number of aliphatic hydroxyl groups is 1. The molecule has 1 heterocycles. The van der Waals surface area contributed by atoms with Crippen molar-refractivity contribution in [2.24, 2.45) is 5.92 Å². The van der Waals surface area contributed by atoms with Gasteiger partial charge in [0, 0.05) is 26.1 Å². The summed E-state index contributed by atoms with van der Waals surface area (Å²) in [6.45, 7) is 1.52. The maximum absolute atomic E-state index is 11.9. The second kappa shape index (κ2) is 6.02. The molecule has 1 saturated carbocycles. The fraction of sp³-hybridized carbons (Fsp3) is 0.929. The average molecular weight is 254 g/mol. The minimum absolute atomic E-state index is 0.148. The van der Waals surface area contributed by atoms with Crippen LogP contribution in [0.4, 0.5) is 0 Å². The fourth-order valence-electron chi connectivity index (χ4n) is 3.43. The van der Waals surface area contributed by atoms with Gasteiger partial charge in [0.05, 0.1) is 12.6 Å². The molecule has 4 heteroatoms. The molecule has 1 amide bonds. The molecule has 104 valence electrons. The van der Waals surface area contributed by atoms with Gasteiger partial charge in [-0.05, 0) is 32.2 Å². The third kappa shape index (κ3) is 3.04. The molecule has 3 unspecified atom stereocenters. The molecule has 0 aromatic carbocycles. The SMILES string of the molecule is CN(C)C(=O)CN1CCCCC1C1CCCC1O. The van der Waals surface area contributed by atoms with Gasteiger partial charge in [0.2, 0.25) is 5.91 Å². The van der Waals surface area contributed by atoms with Crippen molar-refractivity contribution in [3.8, 4) is 0 Å². The van der Waals surface area contributed by atoms with Crippen molar-refractivity contribution in [3.05, 3.63) is 0 Å². The van der Waals surface area contributed by atoms with E-state index in [1.54, 1.807) is 4.90 Å². The molecular weight excluding hydrogens is 228 g/mol. The maximum atomic E-state index is 11.9. The van der Waals surface area contributed by atoms with Gasteiger partial charge in [-0.1, -0.05) is 12.8 Å². The molecule has 18 heavy (non-hydrogen) atoms. The van der Waals surface area contributed by atoms with Gasteiger partial charge in [0.1, 0.15) is 0 Å². The number of amides is 1. The van der Waals surface area contributed by atoms with Crippen LogP contribution >= 0.6 is 0 Å². The highest BCUT2D eigenvalue weighted by molar-refractivity contribution is 5.77. The second-order valence-corrected chi connectivity index (χ2v) is 5.98. The molecule has 1 aliphatic heterocycles. The number of likely N-dealkylation sites (N-methyl/N-ethyl adjacent to an activating group) is 1. The van der Waals surface area contributed by atoms with Crippen LogP contribution in [-0.4, -0.2) is 60.1 Å². The minimum Gasteiger partial charge on any atom is -0.393 e. The van der Waals surface area contributed by atoms with E-state index in [0.29, 0.717) is 18.5 Å². The molecular formula is C14H26N2O2. The lowest BCUT2D eigenvalue weighted by Gasteiger charge is -2.40. The van der Waals surface area contributed by atoms with Crippen molar-refractivity contribution in [2.75, 3.05) is 27.2 Å². The van der Waals surface area contributed by atoms with Crippen molar-refractivity contribution in [1.29, 1.82) is 0 Å². The molecule has 0 spiro atoms. The first kappa shape index (κ1) is 13.8. The van der Waals surface area contributed by atoms with E-state index < -0.39 is 0 Å². The third-order valence-electron chi connectivity index (χ3n) is 4.53. The van der Waals surface area contributed by atoms with Crippen LogP contribution in [0.2, 0.25) is 0 Å². The Balaban J connectivity index is 1.99. The van der Waals surface area contributed by atoms with Crippen LogP contribution in [0.25, 0.3) is 0 Å². The van der Waals surface area contributed by atoms with Gasteiger partial charge in [0.25, 0.3) is 0 Å². The van der Waals surface area contributed by atoms with Gasteiger partial charge in [-0.2, -0.15) is 0 Å². The number of carbonyl (C=O) groups excluding carboxylic acids is 1. The Morgan fingerprint density at radius 2 is 2.00 bits per heavy atom. The highest BCUT2D eigenvalue weighted by atomic mass is 16.3. The van der Waals surface area contributed by atoms with Gasteiger partial charge in [-0.3, -0.25) is 9.69 Å². The van der Waals surface area contributed by atoms with Crippen LogP contribution in [0.3, 0.4) is 0 Å². The topological polar surface area (TPSA) is 43.8 Å². The summed E-state index contributed by atoms with van der Waals surface area (Å²) in [6.07, 6.45) is 6.61. The third-order valence-corrected chi connectivity index (χ3v) is 4.53. The highest BCUT2D eigenvalue weighted by Gasteiger charge is 2.37. The molecule has 0 aromatic heterocycles. The number of hydrogen-bond acceptors (Lipinski definition) is 3. The lowest BCUT2D eigenvalue weighted by molar-refractivity contribution is -0.131. The highest BCUT2D eigenvalue weighted by Crippen LogP contribution is 2.35. The number of carbonyl (C=O) groups is 1. The van der Waals surface area contributed by atoms with Gasteiger partial charge in [-0.25, -0.2) is 0 Å². The predicted octanol–water partition coefficient (Wildman–Crippen LogP) is 1.09. The zero-order chi connectivity index (χ0) is 13.1. The first-order valence-electron chi connectivity index (χ1n) is 7.22. The lowest BCUT2D eigenvalue weighted by Crippen LogP contribution is -2.49. The second-order valence-electron chi connectivity index (χ2n) is 5.98. The molecule has 3 atom stereocenters. The number of aliphatic hydroxyl groups excluding tert-OH is 1. The van der Waals surface area contributed by atoms with E-state index in [9.17, 15) is 9.90 Å². The number of rotatable bonds is 3. The van der Waals surface area contributed by atoms with Gasteiger partial charge in [-0.15, -0.1) is 0 Å². The predicted molar refractivity (Wildman–Crippen MR) is 71.3 cm³/mol. The fourth-order valence-corrected chi connectivity index (χ4v) is 3.43. The maximum Gasteiger partial charge on any atom is 0.236 e. The van der Waals surface area contributed by atoms with Crippen molar-refractivity contribution in [3.63, 3.8) is 0 Å². The number of nitrogens with zero attached hydrogens (tertiary/aromatic N) is 2. The van der Waals surface area contributed by atoms with Gasteiger partial charge >= 0.3 is 0 Å². The molecule has 0 radical (unpaired) electrons. The normalized spacial score (nSPS) is 33.6. The van der Waals surface area contributed by atoms with E-state index in [4.69, 9.17) is 0 Å².